The fourth-order valence-electron chi connectivity index (χ4n) is 1.85. The Kier molecular flexibility index (Phi) is 4.14. The van der Waals surface area contributed by atoms with Crippen LogP contribution >= 0.6 is 0 Å². The Morgan fingerprint density at radius 3 is 2.40 bits per heavy atom. The van der Waals surface area contributed by atoms with Crippen LogP contribution in [-0.4, -0.2) is 29.4 Å². The van der Waals surface area contributed by atoms with Crippen LogP contribution in [0.2, 0.25) is 0 Å². The van der Waals surface area contributed by atoms with Gasteiger partial charge < -0.3 is 10.6 Å². The first-order valence-corrected chi connectivity index (χ1v) is 6.03. The van der Waals surface area contributed by atoms with E-state index in [0.717, 1.165) is 18.9 Å². The number of rotatable bonds is 5. The quantitative estimate of drug-likeness (QED) is 0.752. The molecule has 2 unspecified atom stereocenters. The average Bonchev–Trinajstić information content (AvgIpc) is 2.88. The molecule has 1 fully saturated rings. The SMILES string of the molecule is CC[C@H](N)C(=O)N(CC1CC1C)C(C)C. The topological polar surface area (TPSA) is 46.3 Å². The normalized spacial score (nSPS) is 26.5. The highest BCUT2D eigenvalue weighted by molar-refractivity contribution is 5.81. The van der Waals surface area contributed by atoms with Crippen molar-refractivity contribution in [3.8, 4) is 0 Å². The van der Waals surface area contributed by atoms with E-state index in [1.54, 1.807) is 0 Å². The Morgan fingerprint density at radius 2 is 2.07 bits per heavy atom. The minimum atomic E-state index is -0.318. The van der Waals surface area contributed by atoms with Crippen LogP contribution in [0.3, 0.4) is 0 Å². The van der Waals surface area contributed by atoms with Gasteiger partial charge in [0.25, 0.3) is 0 Å². The highest BCUT2D eigenvalue weighted by Crippen LogP contribution is 2.38. The second-order valence-electron chi connectivity index (χ2n) is 5.07. The Balaban J connectivity index is 2.53. The van der Waals surface area contributed by atoms with Gasteiger partial charge in [-0.2, -0.15) is 0 Å². The van der Waals surface area contributed by atoms with Gasteiger partial charge in [0.05, 0.1) is 6.04 Å². The summed E-state index contributed by atoms with van der Waals surface area (Å²) in [6.07, 6.45) is 1.99. The van der Waals surface area contributed by atoms with Crippen molar-refractivity contribution in [2.75, 3.05) is 6.54 Å². The molecular weight excluding hydrogens is 188 g/mol. The number of carbonyl (C=O) groups excluding carboxylic acids is 1. The summed E-state index contributed by atoms with van der Waals surface area (Å²) in [5.41, 5.74) is 5.79. The second-order valence-corrected chi connectivity index (χ2v) is 5.07. The van der Waals surface area contributed by atoms with E-state index in [2.05, 4.69) is 20.8 Å². The van der Waals surface area contributed by atoms with Crippen LogP contribution in [0.25, 0.3) is 0 Å². The zero-order valence-electron chi connectivity index (χ0n) is 10.4. The lowest BCUT2D eigenvalue weighted by Crippen LogP contribution is -2.47. The molecule has 88 valence electrons. The number of hydrogen-bond acceptors (Lipinski definition) is 2. The Hall–Kier alpha value is -0.570. The molecule has 0 aliphatic heterocycles. The monoisotopic (exact) mass is 212 g/mol. The first kappa shape index (κ1) is 12.5. The van der Waals surface area contributed by atoms with Gasteiger partial charge in [0, 0.05) is 12.6 Å². The third-order valence-electron chi connectivity index (χ3n) is 3.37. The lowest BCUT2D eigenvalue weighted by atomic mass is 10.1. The zero-order valence-corrected chi connectivity index (χ0v) is 10.4. The number of nitrogens with two attached hydrogens (primary N) is 1. The van der Waals surface area contributed by atoms with Crippen LogP contribution in [0, 0.1) is 11.8 Å². The molecule has 0 radical (unpaired) electrons. The lowest BCUT2D eigenvalue weighted by molar-refractivity contribution is -0.134. The molecule has 0 aromatic rings. The summed E-state index contributed by atoms with van der Waals surface area (Å²) in [4.78, 5) is 13.9. The molecule has 1 saturated carbocycles. The van der Waals surface area contributed by atoms with Crippen molar-refractivity contribution in [3.63, 3.8) is 0 Å². The maximum Gasteiger partial charge on any atom is 0.239 e. The maximum atomic E-state index is 12.0. The van der Waals surface area contributed by atoms with Crippen LogP contribution in [0.1, 0.15) is 40.5 Å². The molecular formula is C12H24N2O. The molecule has 3 nitrogen and oxygen atoms in total. The highest BCUT2D eigenvalue weighted by atomic mass is 16.2. The van der Waals surface area contributed by atoms with Crippen molar-refractivity contribution < 1.29 is 4.79 Å². The van der Waals surface area contributed by atoms with Crippen molar-refractivity contribution >= 4 is 5.91 Å². The van der Waals surface area contributed by atoms with Gasteiger partial charge in [-0.25, -0.2) is 0 Å². The molecule has 3 heteroatoms. The fraction of sp³-hybridized carbons (Fsp3) is 0.917. The van der Waals surface area contributed by atoms with Gasteiger partial charge in [0.2, 0.25) is 5.91 Å². The van der Waals surface area contributed by atoms with E-state index in [4.69, 9.17) is 5.73 Å². The van der Waals surface area contributed by atoms with Crippen molar-refractivity contribution in [2.45, 2.75) is 52.6 Å². The maximum absolute atomic E-state index is 12.0. The molecule has 2 N–H and O–H groups in total. The van der Waals surface area contributed by atoms with Crippen molar-refractivity contribution in [1.29, 1.82) is 0 Å². The smallest absolute Gasteiger partial charge is 0.239 e. The molecule has 1 aliphatic carbocycles. The van der Waals surface area contributed by atoms with Crippen LogP contribution in [0.15, 0.2) is 0 Å². The summed E-state index contributed by atoms with van der Waals surface area (Å²) in [7, 11) is 0. The van der Waals surface area contributed by atoms with Crippen LogP contribution < -0.4 is 5.73 Å². The molecule has 1 amide bonds. The van der Waals surface area contributed by atoms with Crippen molar-refractivity contribution in [2.24, 2.45) is 17.6 Å². The summed E-state index contributed by atoms with van der Waals surface area (Å²) < 4.78 is 0. The van der Waals surface area contributed by atoms with E-state index >= 15 is 0 Å². The van der Waals surface area contributed by atoms with E-state index < -0.39 is 0 Å². The largest absolute Gasteiger partial charge is 0.339 e. The summed E-state index contributed by atoms with van der Waals surface area (Å²) in [6.45, 7) is 9.22. The minimum absolute atomic E-state index is 0.117. The first-order chi connectivity index (χ1) is 6.97. The molecule has 1 rings (SSSR count). The van der Waals surface area contributed by atoms with Gasteiger partial charge in [-0.15, -0.1) is 0 Å². The molecule has 0 heterocycles. The Morgan fingerprint density at radius 1 is 1.53 bits per heavy atom. The van der Waals surface area contributed by atoms with Crippen LogP contribution in [0.4, 0.5) is 0 Å². The Bertz CT molecular complexity index is 228. The second kappa shape index (κ2) is 4.97. The molecule has 1 aliphatic rings. The van der Waals surface area contributed by atoms with Gasteiger partial charge in [-0.05, 0) is 38.5 Å². The third-order valence-corrected chi connectivity index (χ3v) is 3.37. The van der Waals surface area contributed by atoms with E-state index in [-0.39, 0.29) is 18.0 Å². The minimum Gasteiger partial charge on any atom is -0.339 e. The summed E-state index contributed by atoms with van der Waals surface area (Å²) >= 11 is 0. The first-order valence-electron chi connectivity index (χ1n) is 6.03. The summed E-state index contributed by atoms with van der Waals surface area (Å²) in [6, 6.07) is -0.0515. The average molecular weight is 212 g/mol. The highest BCUT2D eigenvalue weighted by Gasteiger charge is 2.36. The van der Waals surface area contributed by atoms with E-state index in [1.165, 1.54) is 6.42 Å². The van der Waals surface area contributed by atoms with Crippen LogP contribution in [-0.2, 0) is 4.79 Å². The van der Waals surface area contributed by atoms with Gasteiger partial charge >= 0.3 is 0 Å². The number of hydrogen-bond donors (Lipinski definition) is 1. The molecule has 0 bridgehead atoms. The van der Waals surface area contributed by atoms with Crippen molar-refractivity contribution in [3.05, 3.63) is 0 Å². The summed E-state index contributed by atoms with van der Waals surface area (Å²) in [5.74, 6) is 1.61. The van der Waals surface area contributed by atoms with Crippen LogP contribution in [0.5, 0.6) is 0 Å². The predicted octanol–water partition coefficient (Wildman–Crippen LogP) is 1.62. The standard InChI is InChI=1S/C12H24N2O/c1-5-11(13)12(15)14(8(2)3)7-10-6-9(10)4/h8-11H,5-7,13H2,1-4H3/t9?,10?,11-/m0/s1. The van der Waals surface area contributed by atoms with Gasteiger partial charge in [-0.1, -0.05) is 13.8 Å². The van der Waals surface area contributed by atoms with E-state index in [0.29, 0.717) is 5.92 Å². The molecule has 0 saturated heterocycles. The molecule has 3 atom stereocenters. The third kappa shape index (κ3) is 3.20. The zero-order chi connectivity index (χ0) is 11.6. The predicted molar refractivity (Wildman–Crippen MR) is 62.4 cm³/mol. The molecule has 0 aromatic heterocycles. The molecule has 15 heavy (non-hydrogen) atoms. The number of nitrogens with zero attached hydrogens (tertiary/aromatic N) is 1. The lowest BCUT2D eigenvalue weighted by Gasteiger charge is -2.29. The fourth-order valence-corrected chi connectivity index (χ4v) is 1.85. The van der Waals surface area contributed by atoms with Crippen molar-refractivity contribution in [1.82, 2.24) is 4.90 Å². The Labute approximate surface area is 93.0 Å². The van der Waals surface area contributed by atoms with Gasteiger partial charge in [-0.3, -0.25) is 4.79 Å². The molecule has 0 aromatic carbocycles. The number of amides is 1. The summed E-state index contributed by atoms with van der Waals surface area (Å²) in [5, 5.41) is 0. The number of carbonyl (C=O) groups is 1. The molecule has 0 spiro atoms. The van der Waals surface area contributed by atoms with Gasteiger partial charge in [0.1, 0.15) is 0 Å². The van der Waals surface area contributed by atoms with E-state index in [1.807, 2.05) is 11.8 Å². The van der Waals surface area contributed by atoms with E-state index in [9.17, 15) is 4.79 Å². The van der Waals surface area contributed by atoms with Gasteiger partial charge in [0.15, 0.2) is 0 Å².